The monoisotopic (exact) mass is 346 g/mol. The number of benzene rings is 1. The van der Waals surface area contributed by atoms with E-state index >= 15 is 0 Å². The van der Waals surface area contributed by atoms with Crippen LogP contribution >= 0.6 is 11.3 Å². The van der Waals surface area contributed by atoms with E-state index in [9.17, 15) is 13.2 Å². The molecule has 3 aromatic heterocycles. The fraction of sp³-hybridized carbons (Fsp3) is 0. The Balaban J connectivity index is 1.90. The Morgan fingerprint density at radius 2 is 2.04 bits per heavy atom. The predicted molar refractivity (Wildman–Crippen MR) is 89.3 cm³/mol. The zero-order valence-electron chi connectivity index (χ0n) is 11.5. The quantitative estimate of drug-likeness (QED) is 0.529. The molecule has 0 aliphatic heterocycles. The summed E-state index contributed by atoms with van der Waals surface area (Å²) in [6.45, 7) is 0. The van der Waals surface area contributed by atoms with Crippen molar-refractivity contribution < 1.29 is 8.42 Å². The highest BCUT2D eigenvalue weighted by Gasteiger charge is 2.17. The van der Waals surface area contributed by atoms with Gasteiger partial charge >= 0.3 is 0 Å². The second kappa shape index (κ2) is 4.93. The van der Waals surface area contributed by atoms with Gasteiger partial charge in [-0.3, -0.25) is 9.52 Å². The van der Waals surface area contributed by atoms with E-state index in [4.69, 9.17) is 0 Å². The Bertz CT molecular complexity index is 1170. The number of fused-ring (bicyclic) bond motifs is 3. The van der Waals surface area contributed by atoms with Crippen molar-refractivity contribution in [3.63, 3.8) is 0 Å². The van der Waals surface area contributed by atoms with Crippen LogP contribution in [0.3, 0.4) is 0 Å². The van der Waals surface area contributed by atoms with Crippen molar-refractivity contribution in [2.24, 2.45) is 0 Å². The number of hydrogen-bond donors (Lipinski definition) is 3. The van der Waals surface area contributed by atoms with Gasteiger partial charge in [-0.1, -0.05) is 0 Å². The molecule has 0 saturated heterocycles. The van der Waals surface area contributed by atoms with E-state index in [1.54, 1.807) is 23.6 Å². The number of hydrogen-bond acceptors (Lipinski definition) is 5. The summed E-state index contributed by atoms with van der Waals surface area (Å²) in [5.41, 5.74) is 0.874. The Labute approximate surface area is 134 Å². The molecule has 0 amide bonds. The van der Waals surface area contributed by atoms with Crippen LogP contribution in [0.2, 0.25) is 0 Å². The molecule has 4 rings (SSSR count). The van der Waals surface area contributed by atoms with Gasteiger partial charge in [0.1, 0.15) is 5.52 Å². The minimum Gasteiger partial charge on any atom is -0.350 e. The van der Waals surface area contributed by atoms with Gasteiger partial charge in [-0.2, -0.15) is 0 Å². The number of sulfonamides is 1. The van der Waals surface area contributed by atoms with Gasteiger partial charge in [0, 0.05) is 34.1 Å². The van der Waals surface area contributed by atoms with Crippen molar-refractivity contribution >= 4 is 48.3 Å². The van der Waals surface area contributed by atoms with Crippen LogP contribution in [0.15, 0.2) is 51.7 Å². The third-order valence-electron chi connectivity index (χ3n) is 3.47. The van der Waals surface area contributed by atoms with Crippen molar-refractivity contribution in [1.29, 1.82) is 0 Å². The SMILES string of the molecule is O=c1[nH]ccc2c1[nH]c1ccc(S(=O)(=O)Nc3nccs3)cc12. The maximum atomic E-state index is 12.4. The molecule has 0 unspecified atom stereocenters. The van der Waals surface area contributed by atoms with Gasteiger partial charge in [-0.15, -0.1) is 11.3 Å². The summed E-state index contributed by atoms with van der Waals surface area (Å²) in [4.78, 5) is 21.4. The molecule has 0 atom stereocenters. The highest BCUT2D eigenvalue weighted by molar-refractivity contribution is 7.93. The van der Waals surface area contributed by atoms with E-state index in [0.717, 1.165) is 0 Å². The first-order chi connectivity index (χ1) is 11.0. The Morgan fingerprint density at radius 3 is 2.83 bits per heavy atom. The highest BCUT2D eigenvalue weighted by Crippen LogP contribution is 2.26. The molecule has 1 aromatic carbocycles. The number of aromatic nitrogens is 3. The molecular weight excluding hydrogens is 336 g/mol. The van der Waals surface area contributed by atoms with Gasteiger partial charge in [0.15, 0.2) is 5.13 Å². The van der Waals surface area contributed by atoms with Gasteiger partial charge in [-0.05, 0) is 24.3 Å². The largest absolute Gasteiger partial charge is 0.350 e. The topological polar surface area (TPSA) is 108 Å². The van der Waals surface area contributed by atoms with Gasteiger partial charge < -0.3 is 9.97 Å². The summed E-state index contributed by atoms with van der Waals surface area (Å²) in [6.07, 6.45) is 3.06. The summed E-state index contributed by atoms with van der Waals surface area (Å²) < 4.78 is 27.3. The zero-order valence-corrected chi connectivity index (χ0v) is 13.2. The van der Waals surface area contributed by atoms with Crippen LogP contribution in [-0.2, 0) is 10.0 Å². The van der Waals surface area contributed by atoms with E-state index in [1.165, 1.54) is 29.8 Å². The minimum absolute atomic E-state index is 0.112. The maximum Gasteiger partial charge on any atom is 0.272 e. The molecule has 3 N–H and O–H groups in total. The van der Waals surface area contributed by atoms with Gasteiger partial charge in [0.05, 0.1) is 4.90 Å². The molecule has 4 aromatic rings. The second-order valence-electron chi connectivity index (χ2n) is 4.87. The Hall–Kier alpha value is -2.65. The molecule has 0 spiro atoms. The van der Waals surface area contributed by atoms with E-state index in [2.05, 4.69) is 19.7 Å². The fourth-order valence-corrected chi connectivity index (χ4v) is 4.25. The number of nitrogens with zero attached hydrogens (tertiary/aromatic N) is 1. The molecule has 0 saturated carbocycles. The van der Waals surface area contributed by atoms with Crippen molar-refractivity contribution in [3.8, 4) is 0 Å². The molecule has 7 nitrogen and oxygen atoms in total. The summed E-state index contributed by atoms with van der Waals surface area (Å²) in [7, 11) is -3.73. The number of rotatable bonds is 3. The lowest BCUT2D eigenvalue weighted by Gasteiger charge is -2.05. The summed E-state index contributed by atoms with van der Waals surface area (Å²) in [5, 5.41) is 3.34. The van der Waals surface area contributed by atoms with Gasteiger partial charge in [-0.25, -0.2) is 13.4 Å². The first-order valence-corrected chi connectivity index (χ1v) is 8.96. The molecule has 9 heteroatoms. The molecule has 0 fully saturated rings. The Kier molecular flexibility index (Phi) is 3.00. The fourth-order valence-electron chi connectivity index (χ4n) is 2.43. The summed E-state index contributed by atoms with van der Waals surface area (Å²) in [6, 6.07) is 6.41. The van der Waals surface area contributed by atoms with Crippen LogP contribution in [-0.4, -0.2) is 23.4 Å². The number of aromatic amines is 2. The predicted octanol–water partition coefficient (Wildman–Crippen LogP) is 2.27. The molecule has 0 aliphatic carbocycles. The lowest BCUT2D eigenvalue weighted by molar-refractivity contribution is 0.601. The summed E-state index contributed by atoms with van der Waals surface area (Å²) >= 11 is 1.20. The number of anilines is 1. The average molecular weight is 346 g/mol. The smallest absolute Gasteiger partial charge is 0.272 e. The van der Waals surface area contributed by atoms with E-state index in [1.807, 2.05) is 0 Å². The molecule has 0 bridgehead atoms. The van der Waals surface area contributed by atoms with E-state index in [0.29, 0.717) is 26.9 Å². The molecular formula is C14H10N4O3S2. The molecule has 3 heterocycles. The van der Waals surface area contributed by atoms with Crippen LogP contribution in [0.5, 0.6) is 0 Å². The molecule has 0 aliphatic rings. The van der Waals surface area contributed by atoms with Crippen LogP contribution in [0.4, 0.5) is 5.13 Å². The highest BCUT2D eigenvalue weighted by atomic mass is 32.2. The number of H-pyrrole nitrogens is 2. The summed E-state index contributed by atoms with van der Waals surface area (Å²) in [5.74, 6) is 0. The van der Waals surface area contributed by atoms with Crippen molar-refractivity contribution in [1.82, 2.24) is 15.0 Å². The van der Waals surface area contributed by atoms with Gasteiger partial charge in [0.25, 0.3) is 15.6 Å². The Morgan fingerprint density at radius 1 is 1.17 bits per heavy atom. The third kappa shape index (κ3) is 2.30. The second-order valence-corrected chi connectivity index (χ2v) is 7.45. The van der Waals surface area contributed by atoms with Crippen molar-refractivity contribution in [3.05, 3.63) is 52.4 Å². The third-order valence-corrected chi connectivity index (χ3v) is 5.62. The lowest BCUT2D eigenvalue weighted by Crippen LogP contribution is -2.12. The molecule has 0 radical (unpaired) electrons. The number of thiazole rings is 1. The standard InChI is InChI=1S/C14H10N4O3S2/c19-13-12-9(3-4-15-13)10-7-8(1-2-11(10)17-12)23(20,21)18-14-16-5-6-22-14/h1-7,17H,(H,15,19)(H,16,18). The first-order valence-electron chi connectivity index (χ1n) is 6.60. The number of nitrogens with one attached hydrogen (secondary N) is 3. The van der Waals surface area contributed by atoms with Gasteiger partial charge in [0.2, 0.25) is 0 Å². The minimum atomic E-state index is -3.73. The van der Waals surface area contributed by atoms with Crippen molar-refractivity contribution in [2.45, 2.75) is 4.90 Å². The lowest BCUT2D eigenvalue weighted by atomic mass is 10.2. The van der Waals surface area contributed by atoms with Crippen LogP contribution in [0, 0.1) is 0 Å². The number of pyridine rings is 1. The van der Waals surface area contributed by atoms with Crippen LogP contribution in [0.1, 0.15) is 0 Å². The van der Waals surface area contributed by atoms with Crippen LogP contribution in [0.25, 0.3) is 21.8 Å². The molecule has 116 valence electrons. The van der Waals surface area contributed by atoms with E-state index < -0.39 is 10.0 Å². The van der Waals surface area contributed by atoms with Crippen molar-refractivity contribution in [2.75, 3.05) is 4.72 Å². The van der Waals surface area contributed by atoms with E-state index in [-0.39, 0.29) is 10.5 Å². The first kappa shape index (κ1) is 14.0. The zero-order chi connectivity index (χ0) is 16.0. The maximum absolute atomic E-state index is 12.4. The normalized spacial score (nSPS) is 12.0. The van der Waals surface area contributed by atoms with Crippen LogP contribution < -0.4 is 10.3 Å². The molecule has 23 heavy (non-hydrogen) atoms. The average Bonchev–Trinajstić information content (AvgIpc) is 3.14.